The van der Waals surface area contributed by atoms with Crippen LogP contribution in [0, 0.1) is 4.77 Å². The number of aliphatic imine (C=N–C) groups is 1. The summed E-state index contributed by atoms with van der Waals surface area (Å²) in [5.74, 6) is 1.06. The lowest BCUT2D eigenvalue weighted by atomic mass is 10.2. The molecule has 7 nitrogen and oxygen atoms in total. The molecule has 24 heavy (non-hydrogen) atoms. The molecule has 0 radical (unpaired) electrons. The topological polar surface area (TPSA) is 88.8 Å². The first-order chi connectivity index (χ1) is 11.5. The number of benzene rings is 1. The number of hydrogen-bond acceptors (Lipinski definition) is 6. The Hall–Kier alpha value is -2.61. The molecule has 8 heteroatoms. The van der Waals surface area contributed by atoms with Gasteiger partial charge in [0.05, 0.1) is 5.69 Å². The number of fused-ring (bicyclic) bond motifs is 1. The van der Waals surface area contributed by atoms with Crippen molar-refractivity contribution >= 4 is 24.1 Å². The highest BCUT2D eigenvalue weighted by molar-refractivity contribution is 7.71. The van der Waals surface area contributed by atoms with Crippen molar-refractivity contribution in [3.63, 3.8) is 0 Å². The van der Waals surface area contributed by atoms with E-state index < -0.39 is 5.56 Å². The van der Waals surface area contributed by atoms with Crippen LogP contribution in [0.5, 0.6) is 17.4 Å². The van der Waals surface area contributed by atoms with Gasteiger partial charge in [0.2, 0.25) is 12.7 Å². The summed E-state index contributed by atoms with van der Waals surface area (Å²) in [6.45, 7) is 4.06. The first kappa shape index (κ1) is 16.3. The van der Waals surface area contributed by atoms with E-state index in [9.17, 15) is 9.90 Å². The molecule has 1 aromatic heterocycles. The van der Waals surface area contributed by atoms with Crippen LogP contribution in [0.15, 0.2) is 28.0 Å². The van der Waals surface area contributed by atoms with Crippen molar-refractivity contribution in [2.75, 3.05) is 6.79 Å². The Morgan fingerprint density at radius 1 is 1.46 bits per heavy atom. The van der Waals surface area contributed by atoms with Crippen molar-refractivity contribution in [2.24, 2.45) is 4.99 Å². The highest BCUT2D eigenvalue weighted by Crippen LogP contribution is 2.35. The third-order valence-electron chi connectivity index (χ3n) is 3.88. The van der Waals surface area contributed by atoms with E-state index in [1.807, 2.05) is 13.8 Å². The monoisotopic (exact) mass is 347 g/mol. The fraction of sp³-hybridized carbons (Fsp3) is 0.312. The molecule has 126 valence electrons. The van der Waals surface area contributed by atoms with Crippen molar-refractivity contribution in [1.29, 1.82) is 0 Å². The third kappa shape index (κ3) is 2.92. The minimum Gasteiger partial charge on any atom is -0.494 e. The van der Waals surface area contributed by atoms with Gasteiger partial charge in [0.15, 0.2) is 16.3 Å². The van der Waals surface area contributed by atoms with Crippen LogP contribution >= 0.6 is 12.2 Å². The van der Waals surface area contributed by atoms with Crippen LogP contribution in [0.3, 0.4) is 0 Å². The molecule has 1 aliphatic heterocycles. The van der Waals surface area contributed by atoms with E-state index in [4.69, 9.17) is 21.7 Å². The summed E-state index contributed by atoms with van der Waals surface area (Å²) in [5, 5.41) is 10.4. The van der Waals surface area contributed by atoms with Gasteiger partial charge >= 0.3 is 0 Å². The number of aromatic nitrogens is 2. The maximum absolute atomic E-state index is 12.1. The zero-order chi connectivity index (χ0) is 17.3. The summed E-state index contributed by atoms with van der Waals surface area (Å²) in [6.07, 6.45) is 2.08. The average molecular weight is 347 g/mol. The summed E-state index contributed by atoms with van der Waals surface area (Å²) < 4.78 is 12.2. The number of aromatic amines is 1. The third-order valence-corrected chi connectivity index (χ3v) is 4.18. The number of nitrogens with one attached hydrogen (secondary N) is 1. The summed E-state index contributed by atoms with van der Waals surface area (Å²) >= 11 is 5.13. The molecule has 0 aliphatic carbocycles. The predicted octanol–water partition coefficient (Wildman–Crippen LogP) is 3.06. The molecule has 2 N–H and O–H groups in total. The molecule has 0 saturated carbocycles. The van der Waals surface area contributed by atoms with Gasteiger partial charge in [-0.2, -0.15) is 0 Å². The molecule has 0 spiro atoms. The fourth-order valence-electron chi connectivity index (χ4n) is 2.36. The van der Waals surface area contributed by atoms with Crippen LogP contribution in [0.25, 0.3) is 0 Å². The van der Waals surface area contributed by atoms with Crippen molar-refractivity contribution < 1.29 is 14.6 Å². The Kier molecular flexibility index (Phi) is 4.39. The van der Waals surface area contributed by atoms with Crippen molar-refractivity contribution in [2.45, 2.75) is 26.3 Å². The number of ether oxygens (including phenoxy) is 2. The van der Waals surface area contributed by atoms with Gasteiger partial charge in [-0.3, -0.25) is 19.3 Å². The smallest absolute Gasteiger partial charge is 0.264 e. The lowest BCUT2D eigenvalue weighted by molar-refractivity contribution is 0.174. The van der Waals surface area contributed by atoms with Crippen LogP contribution in [0.2, 0.25) is 0 Å². The minimum absolute atomic E-state index is 0.0490. The largest absolute Gasteiger partial charge is 0.494 e. The molecule has 1 aliphatic rings. The molecule has 1 aromatic carbocycles. The highest BCUT2D eigenvalue weighted by Gasteiger charge is 2.15. The second-order valence-electron chi connectivity index (χ2n) is 5.42. The van der Waals surface area contributed by atoms with E-state index in [1.165, 1.54) is 10.8 Å². The van der Waals surface area contributed by atoms with Gasteiger partial charge in [0, 0.05) is 18.3 Å². The standard InChI is InChI=1S/C16H17N3O4S/c1-3-9(2)19-15(21)11(14(20)18-16(19)24)7-17-10-4-5-12-13(6-10)23-8-22-12/h4-7,9,21H,3,8H2,1-2H3,(H,18,20,24)/t9-/m1/s1. The highest BCUT2D eigenvalue weighted by atomic mass is 32.1. The van der Waals surface area contributed by atoms with Crippen LogP contribution in [-0.2, 0) is 0 Å². The molecule has 3 rings (SSSR count). The van der Waals surface area contributed by atoms with Gasteiger partial charge in [-0.15, -0.1) is 0 Å². The van der Waals surface area contributed by atoms with E-state index in [-0.39, 0.29) is 29.0 Å². The van der Waals surface area contributed by atoms with Gasteiger partial charge in [0.1, 0.15) is 5.56 Å². The van der Waals surface area contributed by atoms with Gasteiger partial charge in [-0.25, -0.2) is 0 Å². The minimum atomic E-state index is -0.485. The number of nitrogens with zero attached hydrogens (tertiary/aromatic N) is 2. The molecule has 0 saturated heterocycles. The molecular weight excluding hydrogens is 330 g/mol. The average Bonchev–Trinajstić information content (AvgIpc) is 3.01. The molecule has 0 fully saturated rings. The van der Waals surface area contributed by atoms with E-state index in [2.05, 4.69) is 9.98 Å². The molecule has 2 heterocycles. The molecule has 0 amide bonds. The van der Waals surface area contributed by atoms with Crippen LogP contribution in [-0.4, -0.2) is 27.7 Å². The van der Waals surface area contributed by atoms with Crippen LogP contribution in [0.4, 0.5) is 5.69 Å². The lowest BCUT2D eigenvalue weighted by Crippen LogP contribution is -2.20. The molecule has 1 atom stereocenters. The zero-order valence-corrected chi connectivity index (χ0v) is 14.1. The first-order valence-electron chi connectivity index (χ1n) is 7.52. The van der Waals surface area contributed by atoms with E-state index in [0.29, 0.717) is 17.2 Å². The fourth-order valence-corrected chi connectivity index (χ4v) is 2.72. The zero-order valence-electron chi connectivity index (χ0n) is 13.3. The maximum Gasteiger partial charge on any atom is 0.264 e. The van der Waals surface area contributed by atoms with Gasteiger partial charge in [-0.05, 0) is 37.7 Å². The van der Waals surface area contributed by atoms with Crippen LogP contribution < -0.4 is 15.0 Å². The second kappa shape index (κ2) is 6.48. The normalized spacial score (nSPS) is 14.2. The molecule has 0 bridgehead atoms. The summed E-state index contributed by atoms with van der Waals surface area (Å²) in [4.78, 5) is 18.9. The van der Waals surface area contributed by atoms with E-state index in [1.54, 1.807) is 18.2 Å². The molecule has 2 aromatic rings. The summed E-state index contributed by atoms with van der Waals surface area (Å²) in [5.41, 5.74) is 0.152. The van der Waals surface area contributed by atoms with E-state index >= 15 is 0 Å². The number of H-pyrrole nitrogens is 1. The first-order valence-corrected chi connectivity index (χ1v) is 7.93. The lowest BCUT2D eigenvalue weighted by Gasteiger charge is -2.16. The number of hydrogen-bond donors (Lipinski definition) is 2. The summed E-state index contributed by atoms with van der Waals surface area (Å²) in [6, 6.07) is 5.13. The SMILES string of the molecule is CC[C@@H](C)n1c(O)c(C=Nc2ccc3c(c2)OCO3)c(=O)[nH]c1=S. The Balaban J connectivity index is 2.01. The predicted molar refractivity (Wildman–Crippen MR) is 92.4 cm³/mol. The molecule has 0 unspecified atom stereocenters. The van der Waals surface area contributed by atoms with Gasteiger partial charge in [-0.1, -0.05) is 6.92 Å². The van der Waals surface area contributed by atoms with Crippen LogP contribution in [0.1, 0.15) is 31.9 Å². The number of rotatable bonds is 4. The van der Waals surface area contributed by atoms with Gasteiger partial charge < -0.3 is 14.6 Å². The second-order valence-corrected chi connectivity index (χ2v) is 5.81. The maximum atomic E-state index is 12.1. The quantitative estimate of drug-likeness (QED) is 0.655. The number of aromatic hydroxyl groups is 1. The Bertz CT molecular complexity index is 917. The van der Waals surface area contributed by atoms with E-state index in [0.717, 1.165) is 6.42 Å². The summed E-state index contributed by atoms with van der Waals surface area (Å²) in [7, 11) is 0. The Labute approximate surface area is 143 Å². The van der Waals surface area contributed by atoms with Crippen molar-refractivity contribution in [3.05, 3.63) is 38.9 Å². The molecular formula is C16H17N3O4S. The van der Waals surface area contributed by atoms with Gasteiger partial charge in [0.25, 0.3) is 5.56 Å². The van der Waals surface area contributed by atoms with Crippen molar-refractivity contribution in [1.82, 2.24) is 9.55 Å². The van der Waals surface area contributed by atoms with Crippen molar-refractivity contribution in [3.8, 4) is 17.4 Å². The Morgan fingerprint density at radius 2 is 2.21 bits per heavy atom. The Morgan fingerprint density at radius 3 is 2.96 bits per heavy atom.